The van der Waals surface area contributed by atoms with Crippen LogP contribution >= 0.6 is 0 Å². The van der Waals surface area contributed by atoms with Crippen LogP contribution in [-0.2, 0) is 5.41 Å². The summed E-state index contributed by atoms with van der Waals surface area (Å²) < 4.78 is 0. The molecule has 0 saturated heterocycles. The molecule has 1 amide bonds. The molecule has 0 saturated carbocycles. The van der Waals surface area contributed by atoms with E-state index >= 15 is 0 Å². The molecule has 0 heterocycles. The summed E-state index contributed by atoms with van der Waals surface area (Å²) in [6.45, 7) is 8.42. The van der Waals surface area contributed by atoms with Crippen LogP contribution in [0.4, 0.5) is 5.69 Å². The standard InChI is InChI=1S/C18H21NO/c1-13-8-7-9-14(12-13)17(20)19-16-11-6-5-10-15(16)18(2,3)4/h5-12H,1-4H3,(H,19,20). The van der Waals surface area contributed by atoms with Crippen molar-refractivity contribution in [1.82, 2.24) is 0 Å². The minimum absolute atomic E-state index is 0.00349. The second-order valence-electron chi connectivity index (χ2n) is 6.12. The largest absolute Gasteiger partial charge is 0.322 e. The maximum atomic E-state index is 12.3. The third-order valence-electron chi connectivity index (χ3n) is 3.26. The zero-order valence-electron chi connectivity index (χ0n) is 12.5. The summed E-state index contributed by atoms with van der Waals surface area (Å²) in [4.78, 5) is 12.3. The van der Waals surface area contributed by atoms with Crippen molar-refractivity contribution in [3.8, 4) is 0 Å². The van der Waals surface area contributed by atoms with Gasteiger partial charge in [0.05, 0.1) is 0 Å². The predicted molar refractivity (Wildman–Crippen MR) is 84.3 cm³/mol. The second kappa shape index (κ2) is 5.49. The summed E-state index contributed by atoms with van der Waals surface area (Å²) in [7, 11) is 0. The lowest BCUT2D eigenvalue weighted by molar-refractivity contribution is 0.102. The van der Waals surface area contributed by atoms with E-state index in [1.807, 2.05) is 49.4 Å². The van der Waals surface area contributed by atoms with Crippen molar-refractivity contribution in [3.05, 3.63) is 65.2 Å². The van der Waals surface area contributed by atoms with Gasteiger partial charge in [0.2, 0.25) is 0 Å². The van der Waals surface area contributed by atoms with Crippen molar-refractivity contribution >= 4 is 11.6 Å². The maximum Gasteiger partial charge on any atom is 0.255 e. The number of hydrogen-bond acceptors (Lipinski definition) is 1. The average Bonchev–Trinajstić information content (AvgIpc) is 2.38. The van der Waals surface area contributed by atoms with E-state index in [9.17, 15) is 4.79 Å². The van der Waals surface area contributed by atoms with Gasteiger partial charge in [-0.1, -0.05) is 56.7 Å². The van der Waals surface area contributed by atoms with Gasteiger partial charge in [0.1, 0.15) is 0 Å². The summed E-state index contributed by atoms with van der Waals surface area (Å²) in [5.74, 6) is -0.0644. The first-order chi connectivity index (χ1) is 9.38. The number of para-hydroxylation sites is 1. The Morgan fingerprint density at radius 2 is 1.70 bits per heavy atom. The van der Waals surface area contributed by atoms with Crippen LogP contribution < -0.4 is 5.32 Å². The van der Waals surface area contributed by atoms with Gasteiger partial charge in [-0.05, 0) is 36.1 Å². The molecule has 2 rings (SSSR count). The Labute approximate surface area is 120 Å². The minimum Gasteiger partial charge on any atom is -0.322 e. The first-order valence-electron chi connectivity index (χ1n) is 6.85. The molecule has 0 radical (unpaired) electrons. The smallest absolute Gasteiger partial charge is 0.255 e. The van der Waals surface area contributed by atoms with Crippen LogP contribution in [0.15, 0.2) is 48.5 Å². The summed E-state index contributed by atoms with van der Waals surface area (Å²) in [6, 6.07) is 15.6. The number of nitrogens with one attached hydrogen (secondary N) is 1. The average molecular weight is 267 g/mol. The zero-order chi connectivity index (χ0) is 14.8. The van der Waals surface area contributed by atoms with E-state index in [0.29, 0.717) is 5.56 Å². The minimum atomic E-state index is -0.0644. The number of benzene rings is 2. The molecule has 0 unspecified atom stereocenters. The molecule has 0 aliphatic rings. The van der Waals surface area contributed by atoms with Gasteiger partial charge < -0.3 is 5.32 Å². The van der Waals surface area contributed by atoms with Gasteiger partial charge in [-0.15, -0.1) is 0 Å². The van der Waals surface area contributed by atoms with Crippen LogP contribution in [0.2, 0.25) is 0 Å². The summed E-state index contributed by atoms with van der Waals surface area (Å²) in [6.07, 6.45) is 0. The Kier molecular flexibility index (Phi) is 3.93. The molecular weight excluding hydrogens is 246 g/mol. The number of hydrogen-bond donors (Lipinski definition) is 1. The molecule has 0 fully saturated rings. The highest BCUT2D eigenvalue weighted by Gasteiger charge is 2.18. The Hall–Kier alpha value is -2.09. The molecule has 2 aromatic rings. The molecule has 0 aliphatic heterocycles. The Morgan fingerprint density at radius 3 is 2.35 bits per heavy atom. The third-order valence-corrected chi connectivity index (χ3v) is 3.26. The summed E-state index contributed by atoms with van der Waals surface area (Å²) >= 11 is 0. The lowest BCUT2D eigenvalue weighted by Crippen LogP contribution is -2.18. The highest BCUT2D eigenvalue weighted by Crippen LogP contribution is 2.29. The topological polar surface area (TPSA) is 29.1 Å². The number of rotatable bonds is 2. The first kappa shape index (κ1) is 14.3. The highest BCUT2D eigenvalue weighted by molar-refractivity contribution is 6.04. The van der Waals surface area contributed by atoms with Gasteiger partial charge in [-0.2, -0.15) is 0 Å². The van der Waals surface area contributed by atoms with E-state index in [2.05, 4.69) is 32.2 Å². The van der Waals surface area contributed by atoms with E-state index in [-0.39, 0.29) is 11.3 Å². The fourth-order valence-corrected chi connectivity index (χ4v) is 2.23. The molecule has 2 heteroatoms. The molecule has 0 spiro atoms. The van der Waals surface area contributed by atoms with E-state index in [1.165, 1.54) is 0 Å². The molecule has 104 valence electrons. The number of carbonyl (C=O) groups is 1. The summed E-state index contributed by atoms with van der Waals surface area (Å²) in [5, 5.41) is 3.02. The monoisotopic (exact) mass is 267 g/mol. The van der Waals surface area contributed by atoms with Gasteiger partial charge in [-0.3, -0.25) is 4.79 Å². The molecule has 2 nitrogen and oxygen atoms in total. The lowest BCUT2D eigenvalue weighted by Gasteiger charge is -2.23. The van der Waals surface area contributed by atoms with Gasteiger partial charge in [-0.25, -0.2) is 0 Å². The van der Waals surface area contributed by atoms with Crippen LogP contribution in [0.1, 0.15) is 42.3 Å². The Balaban J connectivity index is 2.29. The maximum absolute atomic E-state index is 12.3. The van der Waals surface area contributed by atoms with Crippen molar-refractivity contribution in [1.29, 1.82) is 0 Å². The Bertz CT molecular complexity index is 623. The SMILES string of the molecule is Cc1cccc(C(=O)Nc2ccccc2C(C)(C)C)c1. The quantitative estimate of drug-likeness (QED) is 0.850. The molecule has 0 bridgehead atoms. The zero-order valence-corrected chi connectivity index (χ0v) is 12.5. The molecule has 0 aromatic heterocycles. The van der Waals surface area contributed by atoms with Crippen LogP contribution in [0, 0.1) is 6.92 Å². The first-order valence-corrected chi connectivity index (χ1v) is 6.85. The lowest BCUT2D eigenvalue weighted by atomic mass is 9.86. The molecule has 2 aromatic carbocycles. The van der Waals surface area contributed by atoms with Crippen LogP contribution in [0.5, 0.6) is 0 Å². The van der Waals surface area contributed by atoms with Gasteiger partial charge in [0.25, 0.3) is 5.91 Å². The van der Waals surface area contributed by atoms with Crippen molar-refractivity contribution < 1.29 is 4.79 Å². The number of carbonyl (C=O) groups excluding carboxylic acids is 1. The Morgan fingerprint density at radius 1 is 1.00 bits per heavy atom. The molecule has 1 N–H and O–H groups in total. The van der Waals surface area contributed by atoms with Crippen LogP contribution in [0.3, 0.4) is 0 Å². The van der Waals surface area contributed by atoms with Crippen molar-refractivity contribution in [2.75, 3.05) is 5.32 Å². The fraction of sp³-hybridized carbons (Fsp3) is 0.278. The molecule has 20 heavy (non-hydrogen) atoms. The highest BCUT2D eigenvalue weighted by atomic mass is 16.1. The van der Waals surface area contributed by atoms with Crippen LogP contribution in [-0.4, -0.2) is 5.91 Å². The molecule has 0 aliphatic carbocycles. The van der Waals surface area contributed by atoms with E-state index in [4.69, 9.17) is 0 Å². The normalized spacial score (nSPS) is 11.2. The van der Waals surface area contributed by atoms with Gasteiger partial charge in [0, 0.05) is 11.3 Å². The molecule has 0 atom stereocenters. The molecular formula is C18H21NO. The van der Waals surface area contributed by atoms with Gasteiger partial charge in [0.15, 0.2) is 0 Å². The number of anilines is 1. The van der Waals surface area contributed by atoms with Crippen molar-refractivity contribution in [2.45, 2.75) is 33.1 Å². The number of amides is 1. The van der Waals surface area contributed by atoms with E-state index in [1.54, 1.807) is 0 Å². The third kappa shape index (κ3) is 3.27. The number of aryl methyl sites for hydroxylation is 1. The van der Waals surface area contributed by atoms with E-state index < -0.39 is 0 Å². The van der Waals surface area contributed by atoms with E-state index in [0.717, 1.165) is 16.8 Å². The van der Waals surface area contributed by atoms with Crippen molar-refractivity contribution in [3.63, 3.8) is 0 Å². The predicted octanol–water partition coefficient (Wildman–Crippen LogP) is 4.54. The van der Waals surface area contributed by atoms with Crippen molar-refractivity contribution in [2.24, 2.45) is 0 Å². The summed E-state index contributed by atoms with van der Waals surface area (Å²) in [5.41, 5.74) is 3.79. The van der Waals surface area contributed by atoms with Crippen LogP contribution in [0.25, 0.3) is 0 Å². The second-order valence-corrected chi connectivity index (χ2v) is 6.12. The van der Waals surface area contributed by atoms with Gasteiger partial charge >= 0.3 is 0 Å². The fourth-order valence-electron chi connectivity index (χ4n) is 2.23.